The fourth-order valence-electron chi connectivity index (χ4n) is 2.97. The SMILES string of the molecule is CCc1nn(C)c(CC)c1CNC(=NC)NCc1ccccc1C. The minimum absolute atomic E-state index is 0.744. The van der Waals surface area contributed by atoms with Crippen molar-refractivity contribution in [3.05, 3.63) is 52.3 Å². The molecule has 130 valence electrons. The summed E-state index contributed by atoms with van der Waals surface area (Å²) in [6.07, 6.45) is 1.93. The quantitative estimate of drug-likeness (QED) is 0.633. The van der Waals surface area contributed by atoms with Crippen molar-refractivity contribution in [2.75, 3.05) is 7.05 Å². The maximum absolute atomic E-state index is 4.63. The van der Waals surface area contributed by atoms with Crippen LogP contribution in [0.2, 0.25) is 0 Å². The zero-order valence-electron chi connectivity index (χ0n) is 15.5. The Morgan fingerprint density at radius 2 is 1.83 bits per heavy atom. The van der Waals surface area contributed by atoms with Gasteiger partial charge < -0.3 is 10.6 Å². The van der Waals surface area contributed by atoms with Crippen molar-refractivity contribution in [3.8, 4) is 0 Å². The van der Waals surface area contributed by atoms with E-state index in [9.17, 15) is 0 Å². The van der Waals surface area contributed by atoms with Gasteiger partial charge in [-0.25, -0.2) is 0 Å². The molecule has 0 amide bonds. The summed E-state index contributed by atoms with van der Waals surface area (Å²) >= 11 is 0. The summed E-state index contributed by atoms with van der Waals surface area (Å²) < 4.78 is 2.00. The summed E-state index contributed by atoms with van der Waals surface area (Å²) in [5, 5.41) is 11.4. The van der Waals surface area contributed by atoms with Crippen LogP contribution in [0.1, 0.15) is 41.9 Å². The van der Waals surface area contributed by atoms with E-state index in [0.29, 0.717) is 0 Å². The predicted molar refractivity (Wildman–Crippen MR) is 100 cm³/mol. The molecule has 24 heavy (non-hydrogen) atoms. The number of nitrogens with zero attached hydrogens (tertiary/aromatic N) is 3. The van der Waals surface area contributed by atoms with Crippen LogP contribution in [-0.4, -0.2) is 22.8 Å². The summed E-state index contributed by atoms with van der Waals surface area (Å²) in [5.74, 6) is 0.811. The third kappa shape index (κ3) is 4.16. The number of hydrogen-bond acceptors (Lipinski definition) is 2. The molecular weight excluding hydrogens is 298 g/mol. The van der Waals surface area contributed by atoms with Gasteiger partial charge in [-0.2, -0.15) is 5.10 Å². The van der Waals surface area contributed by atoms with Crippen LogP contribution < -0.4 is 10.6 Å². The lowest BCUT2D eigenvalue weighted by molar-refractivity contribution is 0.702. The Morgan fingerprint density at radius 1 is 1.12 bits per heavy atom. The number of guanidine groups is 1. The van der Waals surface area contributed by atoms with Crippen LogP contribution in [0.15, 0.2) is 29.3 Å². The number of rotatable bonds is 6. The fraction of sp³-hybridized carbons (Fsp3) is 0.474. The van der Waals surface area contributed by atoms with Gasteiger partial charge in [0, 0.05) is 38.4 Å². The van der Waals surface area contributed by atoms with Crippen molar-refractivity contribution in [1.82, 2.24) is 20.4 Å². The summed E-state index contributed by atoms with van der Waals surface area (Å²) in [6.45, 7) is 7.96. The summed E-state index contributed by atoms with van der Waals surface area (Å²) in [5.41, 5.74) is 6.31. The van der Waals surface area contributed by atoms with Crippen LogP contribution in [0, 0.1) is 6.92 Å². The van der Waals surface area contributed by atoms with Crippen LogP contribution in [-0.2, 0) is 33.0 Å². The number of benzene rings is 1. The van der Waals surface area contributed by atoms with Gasteiger partial charge in [0.25, 0.3) is 0 Å². The second kappa shape index (κ2) is 8.52. The second-order valence-corrected chi connectivity index (χ2v) is 5.91. The van der Waals surface area contributed by atoms with Crippen molar-refractivity contribution >= 4 is 5.96 Å². The van der Waals surface area contributed by atoms with Gasteiger partial charge in [-0.05, 0) is 30.9 Å². The molecule has 0 fully saturated rings. The number of aliphatic imine (C=N–C) groups is 1. The van der Waals surface area contributed by atoms with Crippen molar-refractivity contribution in [2.24, 2.45) is 12.0 Å². The van der Waals surface area contributed by atoms with E-state index < -0.39 is 0 Å². The molecule has 2 rings (SSSR count). The first-order chi connectivity index (χ1) is 11.6. The summed E-state index contributed by atoms with van der Waals surface area (Å²) in [6, 6.07) is 8.40. The van der Waals surface area contributed by atoms with Gasteiger partial charge in [0.15, 0.2) is 5.96 Å². The lowest BCUT2D eigenvalue weighted by Crippen LogP contribution is -2.36. The molecule has 0 aliphatic rings. The van der Waals surface area contributed by atoms with E-state index in [2.05, 4.69) is 65.8 Å². The average Bonchev–Trinajstić information content (AvgIpc) is 2.91. The summed E-state index contributed by atoms with van der Waals surface area (Å²) in [7, 11) is 3.82. The Hall–Kier alpha value is -2.30. The van der Waals surface area contributed by atoms with Gasteiger partial charge in [-0.3, -0.25) is 9.67 Å². The molecule has 0 bridgehead atoms. The Labute approximate surface area is 145 Å². The molecule has 1 aromatic heterocycles. The van der Waals surface area contributed by atoms with Crippen LogP contribution >= 0.6 is 0 Å². The normalized spacial score (nSPS) is 11.6. The van der Waals surface area contributed by atoms with Crippen LogP contribution in [0.25, 0.3) is 0 Å². The number of aromatic nitrogens is 2. The van der Waals surface area contributed by atoms with Crippen molar-refractivity contribution < 1.29 is 0 Å². The molecule has 0 saturated carbocycles. The van der Waals surface area contributed by atoms with Gasteiger partial charge in [0.2, 0.25) is 0 Å². The average molecular weight is 327 g/mol. The Kier molecular flexibility index (Phi) is 6.41. The fourth-order valence-corrected chi connectivity index (χ4v) is 2.97. The predicted octanol–water partition coefficient (Wildman–Crippen LogP) is 2.72. The standard InChI is InChI=1S/C19H29N5/c1-6-17-16(18(7-2)24(5)23-17)13-22-19(20-4)21-12-15-11-9-8-10-14(15)3/h8-11H,6-7,12-13H2,1-5H3,(H2,20,21,22). The number of hydrogen-bond donors (Lipinski definition) is 2. The lowest BCUT2D eigenvalue weighted by Gasteiger charge is -2.14. The molecule has 0 unspecified atom stereocenters. The molecule has 0 atom stereocenters. The van der Waals surface area contributed by atoms with Crippen LogP contribution in [0.4, 0.5) is 0 Å². The monoisotopic (exact) mass is 327 g/mol. The highest BCUT2D eigenvalue weighted by atomic mass is 15.3. The molecular formula is C19H29N5. The highest BCUT2D eigenvalue weighted by Gasteiger charge is 2.13. The van der Waals surface area contributed by atoms with E-state index in [-0.39, 0.29) is 0 Å². The van der Waals surface area contributed by atoms with Crippen molar-refractivity contribution in [3.63, 3.8) is 0 Å². The third-order valence-corrected chi connectivity index (χ3v) is 4.39. The van der Waals surface area contributed by atoms with E-state index in [4.69, 9.17) is 0 Å². The van der Waals surface area contributed by atoms with Crippen LogP contribution in [0.3, 0.4) is 0 Å². The molecule has 1 heterocycles. The Bertz CT molecular complexity index is 700. The largest absolute Gasteiger partial charge is 0.352 e. The molecule has 0 aliphatic carbocycles. The highest BCUT2D eigenvalue weighted by Crippen LogP contribution is 2.15. The Balaban J connectivity index is 2.01. The molecule has 2 N–H and O–H groups in total. The van der Waals surface area contributed by atoms with Gasteiger partial charge in [0.05, 0.1) is 5.69 Å². The second-order valence-electron chi connectivity index (χ2n) is 5.91. The molecule has 1 aromatic carbocycles. The van der Waals surface area contributed by atoms with Gasteiger partial charge in [0.1, 0.15) is 0 Å². The molecule has 0 aliphatic heterocycles. The molecule has 5 heteroatoms. The third-order valence-electron chi connectivity index (χ3n) is 4.39. The van der Waals surface area contributed by atoms with E-state index >= 15 is 0 Å². The zero-order chi connectivity index (χ0) is 17.5. The van der Waals surface area contributed by atoms with Crippen molar-refractivity contribution in [2.45, 2.75) is 46.7 Å². The Morgan fingerprint density at radius 3 is 2.46 bits per heavy atom. The zero-order valence-corrected chi connectivity index (χ0v) is 15.5. The van der Waals surface area contributed by atoms with E-state index in [1.165, 1.54) is 22.4 Å². The molecule has 5 nitrogen and oxygen atoms in total. The van der Waals surface area contributed by atoms with Gasteiger partial charge >= 0.3 is 0 Å². The number of nitrogens with one attached hydrogen (secondary N) is 2. The maximum Gasteiger partial charge on any atom is 0.191 e. The van der Waals surface area contributed by atoms with Gasteiger partial charge in [-0.15, -0.1) is 0 Å². The van der Waals surface area contributed by atoms with E-state index in [0.717, 1.165) is 37.6 Å². The maximum atomic E-state index is 4.63. The minimum Gasteiger partial charge on any atom is -0.352 e. The molecule has 2 aromatic rings. The number of aryl methyl sites for hydroxylation is 3. The first-order valence-electron chi connectivity index (χ1n) is 8.63. The molecule has 0 radical (unpaired) electrons. The molecule has 0 spiro atoms. The van der Waals surface area contributed by atoms with E-state index in [1.54, 1.807) is 7.05 Å². The first kappa shape index (κ1) is 18.0. The smallest absolute Gasteiger partial charge is 0.191 e. The topological polar surface area (TPSA) is 54.2 Å². The lowest BCUT2D eigenvalue weighted by atomic mass is 10.1. The van der Waals surface area contributed by atoms with Crippen LogP contribution in [0.5, 0.6) is 0 Å². The van der Waals surface area contributed by atoms with Gasteiger partial charge in [-0.1, -0.05) is 38.1 Å². The first-order valence-corrected chi connectivity index (χ1v) is 8.63. The van der Waals surface area contributed by atoms with Crippen molar-refractivity contribution in [1.29, 1.82) is 0 Å². The molecule has 0 saturated heterocycles. The highest BCUT2D eigenvalue weighted by molar-refractivity contribution is 5.79. The summed E-state index contributed by atoms with van der Waals surface area (Å²) in [4.78, 5) is 4.33. The minimum atomic E-state index is 0.744. The van der Waals surface area contributed by atoms with E-state index in [1.807, 2.05) is 11.7 Å².